The lowest BCUT2D eigenvalue weighted by Crippen LogP contribution is -2.42. The zero-order chi connectivity index (χ0) is 18.9. The Bertz CT molecular complexity index is 615. The van der Waals surface area contributed by atoms with E-state index in [1.54, 1.807) is 0 Å². The van der Waals surface area contributed by atoms with E-state index < -0.39 is 12.0 Å². The largest absolute Gasteiger partial charge is 0.480 e. The number of carboxylic acids is 1. The molecule has 0 spiro atoms. The van der Waals surface area contributed by atoms with Crippen LogP contribution < -0.4 is 10.6 Å². The summed E-state index contributed by atoms with van der Waals surface area (Å²) in [6.45, 7) is 8.78. The van der Waals surface area contributed by atoms with Crippen molar-refractivity contribution >= 4 is 17.6 Å². The number of rotatable bonds is 9. The molecule has 7 nitrogen and oxygen atoms in total. The topological polar surface area (TPSA) is 90.9 Å². The smallest absolute Gasteiger partial charge is 0.321 e. The average molecular weight is 363 g/mol. The molecule has 0 aromatic heterocycles. The number of aliphatic carboxylic acids is 1. The maximum Gasteiger partial charge on any atom is 0.321 e. The summed E-state index contributed by atoms with van der Waals surface area (Å²) < 4.78 is 5.30. The molecule has 1 saturated heterocycles. The summed E-state index contributed by atoms with van der Waals surface area (Å²) in [6.07, 6.45) is 0.738. The number of carboxylic acid groups (broad SMARTS) is 1. The quantitative estimate of drug-likeness (QED) is 0.575. The minimum absolute atomic E-state index is 0.0974. The van der Waals surface area contributed by atoms with Gasteiger partial charge >= 0.3 is 5.97 Å². The number of benzene rings is 1. The van der Waals surface area contributed by atoms with Gasteiger partial charge in [-0.05, 0) is 56.6 Å². The maximum absolute atomic E-state index is 12.2. The van der Waals surface area contributed by atoms with Crippen molar-refractivity contribution in [2.45, 2.75) is 32.7 Å². The molecule has 0 aliphatic carbocycles. The van der Waals surface area contributed by atoms with Crippen LogP contribution in [0.25, 0.3) is 0 Å². The van der Waals surface area contributed by atoms with Crippen molar-refractivity contribution < 1.29 is 19.4 Å². The van der Waals surface area contributed by atoms with Crippen LogP contribution in [0.3, 0.4) is 0 Å². The number of carbonyl (C=O) groups excluding carboxylic acids is 1. The molecule has 1 aromatic rings. The number of amides is 1. The van der Waals surface area contributed by atoms with Crippen LogP contribution in [0.15, 0.2) is 18.2 Å². The Morgan fingerprint density at radius 3 is 2.62 bits per heavy atom. The van der Waals surface area contributed by atoms with Crippen molar-refractivity contribution in [2.75, 3.05) is 44.7 Å². The molecule has 1 aliphatic rings. The first-order chi connectivity index (χ1) is 12.5. The van der Waals surface area contributed by atoms with Gasteiger partial charge in [-0.3, -0.25) is 14.5 Å². The predicted octanol–water partition coefficient (Wildman–Crippen LogP) is 1.40. The summed E-state index contributed by atoms with van der Waals surface area (Å²) in [5.41, 5.74) is 2.92. The first-order valence-corrected chi connectivity index (χ1v) is 9.09. The third-order valence-electron chi connectivity index (χ3n) is 4.62. The summed E-state index contributed by atoms with van der Waals surface area (Å²) in [7, 11) is 0. The van der Waals surface area contributed by atoms with Gasteiger partial charge in [0.05, 0.1) is 19.6 Å². The average Bonchev–Trinajstić information content (AvgIpc) is 2.61. The second-order valence-corrected chi connectivity index (χ2v) is 6.70. The molecule has 1 aliphatic heterocycles. The maximum atomic E-state index is 12.2. The van der Waals surface area contributed by atoms with E-state index in [0.717, 1.165) is 50.4 Å². The minimum Gasteiger partial charge on any atom is -0.480 e. The highest BCUT2D eigenvalue weighted by Gasteiger charge is 2.21. The van der Waals surface area contributed by atoms with Crippen molar-refractivity contribution in [1.29, 1.82) is 0 Å². The van der Waals surface area contributed by atoms with Gasteiger partial charge in [0.25, 0.3) is 0 Å². The van der Waals surface area contributed by atoms with Gasteiger partial charge in [0.1, 0.15) is 6.04 Å². The highest BCUT2D eigenvalue weighted by molar-refractivity contribution is 5.94. The molecule has 1 fully saturated rings. The Balaban J connectivity index is 1.74. The van der Waals surface area contributed by atoms with Crippen LogP contribution in [-0.4, -0.2) is 67.3 Å². The first kappa shape index (κ1) is 20.4. The van der Waals surface area contributed by atoms with Gasteiger partial charge in [0.2, 0.25) is 5.91 Å². The number of carbonyl (C=O) groups is 2. The molecule has 7 heteroatoms. The molecule has 0 unspecified atom stereocenters. The van der Waals surface area contributed by atoms with Gasteiger partial charge in [0.15, 0.2) is 0 Å². The summed E-state index contributed by atoms with van der Waals surface area (Å²) in [5, 5.41) is 15.1. The second kappa shape index (κ2) is 10.3. The van der Waals surface area contributed by atoms with Gasteiger partial charge in [-0.25, -0.2) is 0 Å². The van der Waals surface area contributed by atoms with Crippen LogP contribution in [0.5, 0.6) is 0 Å². The first-order valence-electron chi connectivity index (χ1n) is 9.09. The number of hydrogen-bond donors (Lipinski definition) is 3. The summed E-state index contributed by atoms with van der Waals surface area (Å²) in [5.74, 6) is -1.31. The standard InChI is InChI=1S/C19H29N3O4/c1-14-4-5-16(12-15(14)2)21-18(23)13-17(19(24)25)20-6-3-7-22-8-10-26-11-9-22/h4-5,12,17,20H,3,6-11,13H2,1-2H3,(H,21,23)(H,24,25)/t17-/m0/s1. The lowest BCUT2D eigenvalue weighted by Gasteiger charge is -2.26. The Hall–Kier alpha value is -1.96. The van der Waals surface area contributed by atoms with Crippen molar-refractivity contribution in [2.24, 2.45) is 0 Å². The minimum atomic E-state index is -1.01. The molecule has 26 heavy (non-hydrogen) atoms. The van der Waals surface area contributed by atoms with Crippen molar-refractivity contribution in [3.63, 3.8) is 0 Å². The van der Waals surface area contributed by atoms with Crippen LogP contribution in [-0.2, 0) is 14.3 Å². The Morgan fingerprint density at radius 2 is 1.96 bits per heavy atom. The molecule has 144 valence electrons. The van der Waals surface area contributed by atoms with E-state index in [1.807, 2.05) is 32.0 Å². The SMILES string of the molecule is Cc1ccc(NC(=O)C[C@H](NCCCN2CCOCC2)C(=O)O)cc1C. The van der Waals surface area contributed by atoms with Crippen LogP contribution in [0.1, 0.15) is 24.0 Å². The number of ether oxygens (including phenoxy) is 1. The summed E-state index contributed by atoms with van der Waals surface area (Å²) in [6, 6.07) is 4.76. The van der Waals surface area contributed by atoms with E-state index in [1.165, 1.54) is 0 Å². The number of anilines is 1. The fourth-order valence-corrected chi connectivity index (χ4v) is 2.87. The molecule has 0 saturated carbocycles. The van der Waals surface area contributed by atoms with Gasteiger partial charge in [-0.15, -0.1) is 0 Å². The monoisotopic (exact) mass is 363 g/mol. The fraction of sp³-hybridized carbons (Fsp3) is 0.579. The zero-order valence-electron chi connectivity index (χ0n) is 15.6. The molecular weight excluding hydrogens is 334 g/mol. The lowest BCUT2D eigenvalue weighted by molar-refractivity contribution is -0.141. The highest BCUT2D eigenvalue weighted by Crippen LogP contribution is 2.14. The summed E-state index contributed by atoms with van der Waals surface area (Å²) >= 11 is 0. The van der Waals surface area contributed by atoms with Crippen LogP contribution in [0.2, 0.25) is 0 Å². The second-order valence-electron chi connectivity index (χ2n) is 6.70. The van der Waals surface area contributed by atoms with Gasteiger partial charge < -0.3 is 20.5 Å². The normalized spacial score (nSPS) is 16.2. The Labute approximate surface area is 154 Å². The van der Waals surface area contributed by atoms with Crippen molar-refractivity contribution in [1.82, 2.24) is 10.2 Å². The van der Waals surface area contributed by atoms with Crippen LogP contribution in [0, 0.1) is 13.8 Å². The van der Waals surface area contributed by atoms with Crippen LogP contribution in [0.4, 0.5) is 5.69 Å². The number of aryl methyl sites for hydroxylation is 2. The number of nitrogens with one attached hydrogen (secondary N) is 2. The predicted molar refractivity (Wildman–Crippen MR) is 100 cm³/mol. The van der Waals surface area contributed by atoms with E-state index in [9.17, 15) is 14.7 Å². The Kier molecular flexibility index (Phi) is 8.03. The van der Waals surface area contributed by atoms with Gasteiger partial charge in [-0.2, -0.15) is 0 Å². The molecule has 1 atom stereocenters. The molecule has 1 amide bonds. The molecule has 1 aromatic carbocycles. The zero-order valence-corrected chi connectivity index (χ0v) is 15.6. The number of nitrogens with zero attached hydrogens (tertiary/aromatic N) is 1. The lowest BCUT2D eigenvalue weighted by atomic mass is 10.1. The molecule has 2 rings (SSSR count). The Morgan fingerprint density at radius 1 is 1.23 bits per heavy atom. The molecule has 0 bridgehead atoms. The fourth-order valence-electron chi connectivity index (χ4n) is 2.87. The molecule has 1 heterocycles. The summed E-state index contributed by atoms with van der Waals surface area (Å²) in [4.78, 5) is 25.9. The number of hydrogen-bond acceptors (Lipinski definition) is 5. The van der Waals surface area contributed by atoms with Gasteiger partial charge in [-0.1, -0.05) is 6.07 Å². The number of morpholine rings is 1. The van der Waals surface area contributed by atoms with E-state index in [-0.39, 0.29) is 12.3 Å². The third kappa shape index (κ3) is 6.74. The van der Waals surface area contributed by atoms with Crippen LogP contribution >= 0.6 is 0 Å². The van der Waals surface area contributed by atoms with Crippen molar-refractivity contribution in [3.05, 3.63) is 29.3 Å². The van der Waals surface area contributed by atoms with E-state index in [0.29, 0.717) is 12.2 Å². The van der Waals surface area contributed by atoms with Gasteiger partial charge in [0, 0.05) is 18.8 Å². The van der Waals surface area contributed by atoms with E-state index in [2.05, 4.69) is 15.5 Å². The molecular formula is C19H29N3O4. The highest BCUT2D eigenvalue weighted by atomic mass is 16.5. The van der Waals surface area contributed by atoms with E-state index >= 15 is 0 Å². The molecule has 0 radical (unpaired) electrons. The van der Waals surface area contributed by atoms with Crippen molar-refractivity contribution in [3.8, 4) is 0 Å². The molecule has 3 N–H and O–H groups in total. The third-order valence-corrected chi connectivity index (χ3v) is 4.62. The van der Waals surface area contributed by atoms with E-state index in [4.69, 9.17) is 4.74 Å².